The van der Waals surface area contributed by atoms with Crippen molar-refractivity contribution >= 4 is 11.7 Å². The minimum atomic E-state index is -0.279. The summed E-state index contributed by atoms with van der Waals surface area (Å²) in [7, 11) is 0. The molecule has 0 radical (unpaired) electrons. The van der Waals surface area contributed by atoms with E-state index in [1.54, 1.807) is 23.1 Å². The molecule has 0 aliphatic heterocycles. The first kappa shape index (κ1) is 18.0. The Morgan fingerprint density at radius 3 is 2.58 bits per heavy atom. The Labute approximate surface area is 143 Å². The Kier molecular flexibility index (Phi) is 6.36. The van der Waals surface area contributed by atoms with E-state index in [2.05, 4.69) is 12.2 Å². The highest BCUT2D eigenvalue weighted by Crippen LogP contribution is 2.18. The highest BCUT2D eigenvalue weighted by Gasteiger charge is 2.16. The molecule has 0 saturated carbocycles. The van der Waals surface area contributed by atoms with Crippen molar-refractivity contribution in [3.63, 3.8) is 0 Å². The van der Waals surface area contributed by atoms with E-state index >= 15 is 0 Å². The fraction of sp³-hybridized carbons (Fsp3) is 0.350. The number of rotatable bonds is 6. The smallest absolute Gasteiger partial charge is 0.320 e. The van der Waals surface area contributed by atoms with Crippen molar-refractivity contribution in [3.8, 4) is 0 Å². The van der Waals surface area contributed by atoms with Crippen LogP contribution >= 0.6 is 0 Å². The lowest BCUT2D eigenvalue weighted by Crippen LogP contribution is -2.35. The molecule has 0 aliphatic carbocycles. The zero-order valence-corrected chi connectivity index (χ0v) is 14.6. The average Bonchev–Trinajstić information content (AvgIpc) is 2.55. The fourth-order valence-corrected chi connectivity index (χ4v) is 2.58. The van der Waals surface area contributed by atoms with Crippen molar-refractivity contribution in [1.29, 1.82) is 0 Å². The van der Waals surface area contributed by atoms with Gasteiger partial charge < -0.3 is 10.2 Å². The van der Waals surface area contributed by atoms with Gasteiger partial charge in [0.25, 0.3) is 0 Å². The maximum absolute atomic E-state index is 13.9. The van der Waals surface area contributed by atoms with Gasteiger partial charge in [-0.3, -0.25) is 0 Å². The number of halogens is 1. The number of nitrogens with one attached hydrogen (secondary N) is 1. The summed E-state index contributed by atoms with van der Waals surface area (Å²) in [4.78, 5) is 14.3. The molecule has 128 valence electrons. The van der Waals surface area contributed by atoms with Crippen molar-refractivity contribution in [2.24, 2.45) is 0 Å². The van der Waals surface area contributed by atoms with E-state index in [1.165, 1.54) is 6.07 Å². The van der Waals surface area contributed by atoms with Gasteiger partial charge in [-0.1, -0.05) is 49.2 Å². The number of aryl methyl sites for hydroxylation is 2. The van der Waals surface area contributed by atoms with Crippen LogP contribution in [-0.2, 0) is 6.54 Å². The summed E-state index contributed by atoms with van der Waals surface area (Å²) < 4.78 is 13.9. The van der Waals surface area contributed by atoms with Crippen LogP contribution in [0.4, 0.5) is 14.9 Å². The monoisotopic (exact) mass is 328 g/mol. The highest BCUT2D eigenvalue weighted by atomic mass is 19.1. The number of carbonyl (C=O) groups is 1. The Morgan fingerprint density at radius 1 is 1.17 bits per heavy atom. The number of nitrogens with zero attached hydrogens (tertiary/aromatic N) is 1. The molecular formula is C20H25FN2O. The Hall–Kier alpha value is -2.36. The van der Waals surface area contributed by atoms with Gasteiger partial charge >= 0.3 is 6.03 Å². The Morgan fingerprint density at radius 2 is 1.92 bits per heavy atom. The molecule has 0 unspecified atom stereocenters. The van der Waals surface area contributed by atoms with Crippen LogP contribution in [0.5, 0.6) is 0 Å². The van der Waals surface area contributed by atoms with Gasteiger partial charge in [0.2, 0.25) is 0 Å². The van der Waals surface area contributed by atoms with Crippen LogP contribution in [0.25, 0.3) is 0 Å². The molecule has 0 fully saturated rings. The summed E-state index contributed by atoms with van der Waals surface area (Å²) in [6.45, 7) is 6.93. The van der Waals surface area contributed by atoms with Crippen LogP contribution in [0.1, 0.15) is 36.5 Å². The van der Waals surface area contributed by atoms with Gasteiger partial charge in [-0.25, -0.2) is 9.18 Å². The third kappa shape index (κ3) is 4.82. The lowest BCUT2D eigenvalue weighted by atomic mass is 10.1. The van der Waals surface area contributed by atoms with Gasteiger partial charge in [0.1, 0.15) is 5.82 Å². The molecule has 0 saturated heterocycles. The third-order valence-corrected chi connectivity index (χ3v) is 4.01. The standard InChI is InChI=1S/C20H25FN2O/c1-4-5-12-23(14-17-8-6-7-9-18(17)21)20(24)22-19-11-10-15(2)13-16(19)3/h6-11,13H,4-5,12,14H2,1-3H3,(H,22,24). The van der Waals surface area contributed by atoms with Gasteiger partial charge in [0.15, 0.2) is 0 Å². The van der Waals surface area contributed by atoms with E-state index in [0.29, 0.717) is 12.1 Å². The Balaban J connectivity index is 2.14. The number of carbonyl (C=O) groups excluding carboxylic acids is 1. The second-order valence-corrected chi connectivity index (χ2v) is 6.12. The first-order valence-corrected chi connectivity index (χ1v) is 8.38. The minimum Gasteiger partial charge on any atom is -0.320 e. The number of unbranched alkanes of at least 4 members (excludes halogenated alkanes) is 1. The normalized spacial score (nSPS) is 10.5. The van der Waals surface area contributed by atoms with E-state index in [4.69, 9.17) is 0 Å². The summed E-state index contributed by atoms with van der Waals surface area (Å²) in [5, 5.41) is 2.95. The number of hydrogen-bond donors (Lipinski definition) is 1. The number of urea groups is 1. The molecule has 0 heterocycles. The SMILES string of the molecule is CCCCN(Cc1ccccc1F)C(=O)Nc1ccc(C)cc1C. The van der Waals surface area contributed by atoms with Gasteiger partial charge in [0, 0.05) is 17.8 Å². The molecular weight excluding hydrogens is 303 g/mol. The lowest BCUT2D eigenvalue weighted by molar-refractivity contribution is 0.207. The molecule has 2 amide bonds. The maximum atomic E-state index is 13.9. The first-order chi connectivity index (χ1) is 11.5. The number of hydrogen-bond acceptors (Lipinski definition) is 1. The predicted molar refractivity (Wildman–Crippen MR) is 96.7 cm³/mol. The highest BCUT2D eigenvalue weighted by molar-refractivity contribution is 5.90. The van der Waals surface area contributed by atoms with E-state index in [0.717, 1.165) is 29.7 Å². The molecule has 0 spiro atoms. The number of benzene rings is 2. The van der Waals surface area contributed by atoms with Gasteiger partial charge in [-0.2, -0.15) is 0 Å². The second kappa shape index (κ2) is 8.48. The molecule has 1 N–H and O–H groups in total. The van der Waals surface area contributed by atoms with Crippen LogP contribution in [0, 0.1) is 19.7 Å². The van der Waals surface area contributed by atoms with Crippen LogP contribution < -0.4 is 5.32 Å². The summed E-state index contributed by atoms with van der Waals surface area (Å²) >= 11 is 0. The zero-order chi connectivity index (χ0) is 17.5. The van der Waals surface area contributed by atoms with Crippen molar-refractivity contribution in [1.82, 2.24) is 4.90 Å². The summed E-state index contributed by atoms with van der Waals surface area (Å²) in [6.07, 6.45) is 1.86. The molecule has 3 nitrogen and oxygen atoms in total. The molecule has 0 aromatic heterocycles. The number of anilines is 1. The van der Waals surface area contributed by atoms with Crippen LogP contribution in [0.15, 0.2) is 42.5 Å². The second-order valence-electron chi connectivity index (χ2n) is 6.12. The van der Waals surface area contributed by atoms with Crippen molar-refractivity contribution in [2.75, 3.05) is 11.9 Å². The van der Waals surface area contributed by atoms with E-state index in [1.807, 2.05) is 32.0 Å². The average molecular weight is 328 g/mol. The summed E-state index contributed by atoms with van der Waals surface area (Å²) in [5.41, 5.74) is 3.49. The van der Waals surface area contributed by atoms with Crippen molar-refractivity contribution < 1.29 is 9.18 Å². The molecule has 4 heteroatoms. The molecule has 2 aromatic carbocycles. The zero-order valence-electron chi connectivity index (χ0n) is 14.6. The van der Waals surface area contributed by atoms with Crippen LogP contribution in [0.3, 0.4) is 0 Å². The van der Waals surface area contributed by atoms with Crippen LogP contribution in [-0.4, -0.2) is 17.5 Å². The minimum absolute atomic E-state index is 0.196. The quantitative estimate of drug-likeness (QED) is 0.769. The molecule has 2 rings (SSSR count). The van der Waals surface area contributed by atoms with Gasteiger partial charge in [0.05, 0.1) is 6.54 Å². The van der Waals surface area contributed by atoms with Crippen molar-refractivity contribution in [2.45, 2.75) is 40.2 Å². The molecule has 0 atom stereocenters. The molecule has 0 bridgehead atoms. The molecule has 2 aromatic rings. The van der Waals surface area contributed by atoms with Gasteiger partial charge in [-0.15, -0.1) is 0 Å². The summed E-state index contributed by atoms with van der Waals surface area (Å²) in [6, 6.07) is 12.3. The predicted octanol–water partition coefficient (Wildman–Crippen LogP) is 5.28. The summed E-state index contributed by atoms with van der Waals surface area (Å²) in [5.74, 6) is -0.279. The van der Waals surface area contributed by atoms with Crippen LogP contribution in [0.2, 0.25) is 0 Å². The maximum Gasteiger partial charge on any atom is 0.322 e. The van der Waals surface area contributed by atoms with Gasteiger partial charge in [-0.05, 0) is 38.0 Å². The molecule has 24 heavy (non-hydrogen) atoms. The van der Waals surface area contributed by atoms with Crippen molar-refractivity contribution in [3.05, 3.63) is 65.0 Å². The Bertz CT molecular complexity index is 700. The first-order valence-electron chi connectivity index (χ1n) is 8.38. The third-order valence-electron chi connectivity index (χ3n) is 4.01. The van der Waals surface area contributed by atoms with E-state index in [9.17, 15) is 9.18 Å². The topological polar surface area (TPSA) is 32.3 Å². The molecule has 0 aliphatic rings. The number of amides is 2. The lowest BCUT2D eigenvalue weighted by Gasteiger charge is -2.24. The van der Waals surface area contributed by atoms with E-state index < -0.39 is 0 Å². The largest absolute Gasteiger partial charge is 0.322 e. The fourth-order valence-electron chi connectivity index (χ4n) is 2.58. The van der Waals surface area contributed by atoms with E-state index in [-0.39, 0.29) is 18.4 Å².